The zero-order valence-corrected chi connectivity index (χ0v) is 12.6. The number of rotatable bonds is 4. The Bertz CT molecular complexity index is 601. The van der Waals surface area contributed by atoms with Crippen molar-refractivity contribution in [2.75, 3.05) is 19.6 Å². The summed E-state index contributed by atoms with van der Waals surface area (Å²) >= 11 is 6.08. The predicted octanol–water partition coefficient (Wildman–Crippen LogP) is 2.81. The van der Waals surface area contributed by atoms with Gasteiger partial charge >= 0.3 is 0 Å². The van der Waals surface area contributed by atoms with Gasteiger partial charge in [-0.3, -0.25) is 4.90 Å². The highest BCUT2D eigenvalue weighted by molar-refractivity contribution is 6.31. The topological polar surface area (TPSA) is 47.1 Å². The van der Waals surface area contributed by atoms with E-state index in [1.165, 1.54) is 25.9 Å². The van der Waals surface area contributed by atoms with Gasteiger partial charge in [0, 0.05) is 17.6 Å². The van der Waals surface area contributed by atoms with Crippen molar-refractivity contribution in [3.8, 4) is 0 Å². The monoisotopic (exact) mass is 292 g/mol. The largest absolute Gasteiger partial charge is 0.328 e. The van der Waals surface area contributed by atoms with Gasteiger partial charge in [-0.05, 0) is 51.1 Å². The van der Waals surface area contributed by atoms with Crippen molar-refractivity contribution >= 4 is 22.6 Å². The van der Waals surface area contributed by atoms with Crippen LogP contribution in [0.25, 0.3) is 11.0 Å². The standard InChI is InChI=1S/C15H21ClN4/c1-11(9-17)20-14-5-4-12(16)8-13(14)18-15(20)10-19-6-2-3-7-19/h4-5,8,11H,2-3,6-7,9-10,17H2,1H3. The molecule has 0 radical (unpaired) electrons. The van der Waals surface area contributed by atoms with Crippen LogP contribution < -0.4 is 5.73 Å². The molecule has 1 saturated heterocycles. The molecule has 0 aliphatic carbocycles. The number of halogens is 1. The minimum Gasteiger partial charge on any atom is -0.328 e. The first-order valence-corrected chi connectivity index (χ1v) is 7.65. The second-order valence-corrected chi connectivity index (χ2v) is 6.04. The normalized spacial score (nSPS) is 17.9. The summed E-state index contributed by atoms with van der Waals surface area (Å²) in [7, 11) is 0. The van der Waals surface area contributed by atoms with Crippen LogP contribution in [0.5, 0.6) is 0 Å². The number of nitrogens with zero attached hydrogens (tertiary/aromatic N) is 3. The second kappa shape index (κ2) is 5.72. The lowest BCUT2D eigenvalue weighted by atomic mass is 10.2. The number of hydrogen-bond acceptors (Lipinski definition) is 3. The summed E-state index contributed by atoms with van der Waals surface area (Å²) in [5.74, 6) is 1.10. The molecule has 1 fully saturated rings. The molecule has 0 bridgehead atoms. The molecule has 1 unspecified atom stereocenters. The number of imidazole rings is 1. The van der Waals surface area contributed by atoms with Crippen LogP contribution >= 0.6 is 11.6 Å². The maximum atomic E-state index is 6.08. The summed E-state index contributed by atoms with van der Waals surface area (Å²) in [6, 6.07) is 6.15. The van der Waals surface area contributed by atoms with Crippen LogP contribution in [0.1, 0.15) is 31.6 Å². The first kappa shape index (κ1) is 13.9. The lowest BCUT2D eigenvalue weighted by Gasteiger charge is -2.19. The zero-order chi connectivity index (χ0) is 14.1. The molecule has 2 N–H and O–H groups in total. The average molecular weight is 293 g/mol. The van der Waals surface area contributed by atoms with Gasteiger partial charge in [0.15, 0.2) is 0 Å². The van der Waals surface area contributed by atoms with E-state index in [4.69, 9.17) is 22.3 Å². The number of fused-ring (bicyclic) bond motifs is 1. The molecule has 3 rings (SSSR count). The number of likely N-dealkylation sites (tertiary alicyclic amines) is 1. The highest BCUT2D eigenvalue weighted by Crippen LogP contribution is 2.25. The molecule has 2 heterocycles. The first-order valence-electron chi connectivity index (χ1n) is 7.28. The van der Waals surface area contributed by atoms with E-state index < -0.39 is 0 Å². The maximum absolute atomic E-state index is 6.08. The van der Waals surface area contributed by atoms with Crippen molar-refractivity contribution in [1.82, 2.24) is 14.5 Å². The van der Waals surface area contributed by atoms with E-state index in [1.807, 2.05) is 18.2 Å². The summed E-state index contributed by atoms with van der Waals surface area (Å²) in [5, 5.41) is 0.732. The Balaban J connectivity index is 2.03. The fourth-order valence-corrected chi connectivity index (χ4v) is 3.14. The predicted molar refractivity (Wildman–Crippen MR) is 83.0 cm³/mol. The van der Waals surface area contributed by atoms with Gasteiger partial charge in [0.2, 0.25) is 0 Å². The van der Waals surface area contributed by atoms with Gasteiger partial charge in [0.05, 0.1) is 17.6 Å². The zero-order valence-electron chi connectivity index (χ0n) is 11.8. The molecule has 108 valence electrons. The molecule has 20 heavy (non-hydrogen) atoms. The van der Waals surface area contributed by atoms with Crippen LogP contribution in [-0.2, 0) is 6.54 Å². The van der Waals surface area contributed by atoms with Crippen molar-refractivity contribution in [1.29, 1.82) is 0 Å². The van der Waals surface area contributed by atoms with Gasteiger partial charge in [-0.2, -0.15) is 0 Å². The molecule has 1 atom stereocenters. The van der Waals surface area contributed by atoms with Gasteiger partial charge in [0.25, 0.3) is 0 Å². The summed E-state index contributed by atoms with van der Waals surface area (Å²) < 4.78 is 2.27. The third-order valence-electron chi connectivity index (χ3n) is 4.07. The van der Waals surface area contributed by atoms with E-state index in [1.54, 1.807) is 0 Å². The van der Waals surface area contributed by atoms with Gasteiger partial charge in [-0.25, -0.2) is 4.98 Å². The number of hydrogen-bond donors (Lipinski definition) is 1. The Morgan fingerprint density at radius 3 is 2.80 bits per heavy atom. The van der Waals surface area contributed by atoms with E-state index in [-0.39, 0.29) is 6.04 Å². The number of aromatic nitrogens is 2. The highest BCUT2D eigenvalue weighted by Gasteiger charge is 2.19. The maximum Gasteiger partial charge on any atom is 0.124 e. The van der Waals surface area contributed by atoms with Crippen molar-refractivity contribution in [2.45, 2.75) is 32.4 Å². The molecule has 0 saturated carbocycles. The summed E-state index contributed by atoms with van der Waals surface area (Å²) in [6.07, 6.45) is 2.58. The summed E-state index contributed by atoms with van der Waals surface area (Å²) in [4.78, 5) is 7.25. The molecule has 1 aromatic heterocycles. The Morgan fingerprint density at radius 1 is 1.35 bits per heavy atom. The fraction of sp³-hybridized carbons (Fsp3) is 0.533. The van der Waals surface area contributed by atoms with Crippen LogP contribution in [0.15, 0.2) is 18.2 Å². The number of nitrogens with two attached hydrogens (primary N) is 1. The molecule has 5 heteroatoms. The summed E-state index contributed by atoms with van der Waals surface area (Å²) in [6.45, 7) is 5.99. The lowest BCUT2D eigenvalue weighted by molar-refractivity contribution is 0.313. The summed E-state index contributed by atoms with van der Waals surface area (Å²) in [5.41, 5.74) is 7.96. The Labute approximate surface area is 124 Å². The third kappa shape index (κ3) is 2.55. The van der Waals surface area contributed by atoms with Crippen molar-refractivity contribution < 1.29 is 0 Å². The van der Waals surface area contributed by atoms with E-state index in [9.17, 15) is 0 Å². The third-order valence-corrected chi connectivity index (χ3v) is 4.31. The van der Waals surface area contributed by atoms with Gasteiger partial charge < -0.3 is 10.3 Å². The fourth-order valence-electron chi connectivity index (χ4n) is 2.97. The minimum absolute atomic E-state index is 0.249. The van der Waals surface area contributed by atoms with Crippen molar-refractivity contribution in [2.24, 2.45) is 5.73 Å². The van der Waals surface area contributed by atoms with E-state index >= 15 is 0 Å². The van der Waals surface area contributed by atoms with Crippen LogP contribution in [0.2, 0.25) is 5.02 Å². The van der Waals surface area contributed by atoms with E-state index in [2.05, 4.69) is 16.4 Å². The van der Waals surface area contributed by atoms with Crippen molar-refractivity contribution in [3.63, 3.8) is 0 Å². The average Bonchev–Trinajstić information content (AvgIpc) is 3.05. The van der Waals surface area contributed by atoms with Crippen LogP contribution in [0.3, 0.4) is 0 Å². The van der Waals surface area contributed by atoms with Crippen LogP contribution in [0.4, 0.5) is 0 Å². The lowest BCUT2D eigenvalue weighted by Crippen LogP contribution is -2.24. The van der Waals surface area contributed by atoms with E-state index in [0.717, 1.165) is 28.4 Å². The molecular formula is C15H21ClN4. The SMILES string of the molecule is CC(CN)n1c(CN2CCCC2)nc2cc(Cl)ccc21. The molecule has 2 aromatic rings. The molecule has 0 spiro atoms. The van der Waals surface area contributed by atoms with Crippen molar-refractivity contribution in [3.05, 3.63) is 29.0 Å². The Hall–Kier alpha value is -1.10. The van der Waals surface area contributed by atoms with E-state index in [0.29, 0.717) is 6.54 Å². The molecule has 4 nitrogen and oxygen atoms in total. The minimum atomic E-state index is 0.249. The smallest absolute Gasteiger partial charge is 0.124 e. The highest BCUT2D eigenvalue weighted by atomic mass is 35.5. The quantitative estimate of drug-likeness (QED) is 0.942. The molecule has 1 aliphatic heterocycles. The Kier molecular flexibility index (Phi) is 3.96. The molecular weight excluding hydrogens is 272 g/mol. The molecule has 0 amide bonds. The van der Waals surface area contributed by atoms with Crippen LogP contribution in [0, 0.1) is 0 Å². The molecule has 1 aromatic carbocycles. The first-order chi connectivity index (χ1) is 9.69. The van der Waals surface area contributed by atoms with Gasteiger partial charge in [-0.15, -0.1) is 0 Å². The van der Waals surface area contributed by atoms with Crippen LogP contribution in [-0.4, -0.2) is 34.1 Å². The number of benzene rings is 1. The Morgan fingerprint density at radius 2 is 2.10 bits per heavy atom. The van der Waals surface area contributed by atoms with Gasteiger partial charge in [0.1, 0.15) is 5.82 Å². The van der Waals surface area contributed by atoms with Gasteiger partial charge in [-0.1, -0.05) is 11.6 Å². The molecule has 1 aliphatic rings. The second-order valence-electron chi connectivity index (χ2n) is 5.60.